The van der Waals surface area contributed by atoms with Crippen LogP contribution in [-0.2, 0) is 18.8 Å². The van der Waals surface area contributed by atoms with Crippen LogP contribution in [-0.4, -0.2) is 49.1 Å². The fourth-order valence-electron chi connectivity index (χ4n) is 2.95. The number of amides is 1. The summed E-state index contributed by atoms with van der Waals surface area (Å²) < 4.78 is 22.8. The molecule has 32 heavy (non-hydrogen) atoms. The van der Waals surface area contributed by atoms with Crippen molar-refractivity contribution in [2.75, 3.05) is 18.9 Å². The Labute approximate surface area is 190 Å². The molecule has 9 heteroatoms. The van der Waals surface area contributed by atoms with Gasteiger partial charge in [0.2, 0.25) is 0 Å². The number of benzene rings is 1. The van der Waals surface area contributed by atoms with E-state index in [1.807, 2.05) is 33.8 Å². The number of rotatable bonds is 6. The monoisotopic (exact) mass is 446 g/mol. The summed E-state index contributed by atoms with van der Waals surface area (Å²) in [6.45, 7) is 15.3. The van der Waals surface area contributed by atoms with E-state index in [1.54, 1.807) is 45.9 Å². The molecule has 0 saturated carbocycles. The molecule has 176 valence electrons. The molecular weight excluding hydrogens is 411 g/mol. The van der Waals surface area contributed by atoms with Crippen LogP contribution in [0.25, 0.3) is 6.08 Å². The second-order valence-corrected chi connectivity index (χ2v) is 9.73. The number of hydrogen-bond acceptors (Lipinski definition) is 7. The van der Waals surface area contributed by atoms with Gasteiger partial charge in [0, 0.05) is 12.2 Å². The van der Waals surface area contributed by atoms with Crippen LogP contribution in [0, 0.1) is 0 Å². The highest BCUT2D eigenvalue weighted by Gasteiger charge is 2.52. The molecule has 1 fully saturated rings. The maximum absolute atomic E-state index is 12.2. The summed E-state index contributed by atoms with van der Waals surface area (Å²) >= 11 is 0. The number of nitrogens with one attached hydrogen (secondary N) is 1. The maximum Gasteiger partial charge on any atom is 0.492 e. The second-order valence-electron chi connectivity index (χ2n) is 9.73. The lowest BCUT2D eigenvalue weighted by molar-refractivity contribution is 0.00578. The van der Waals surface area contributed by atoms with E-state index in [2.05, 4.69) is 5.32 Å². The van der Waals surface area contributed by atoms with Crippen LogP contribution in [0.5, 0.6) is 0 Å². The zero-order valence-corrected chi connectivity index (χ0v) is 20.3. The summed E-state index contributed by atoms with van der Waals surface area (Å²) in [7, 11) is -0.696. The van der Waals surface area contributed by atoms with Gasteiger partial charge in [-0.05, 0) is 78.6 Å². The summed E-state index contributed by atoms with van der Waals surface area (Å²) in [5, 5.41) is 2.75. The molecule has 0 aliphatic carbocycles. The normalized spacial score (nSPS) is 17.8. The van der Waals surface area contributed by atoms with E-state index in [9.17, 15) is 9.59 Å². The summed E-state index contributed by atoms with van der Waals surface area (Å²) in [5.74, 6) is -0.496. The SMILES string of the molecule is CCOC(=O)c1cc(C=C(CNC(=O)OC(C)(C)C)B2OC(C)(C)C(C)(C)O2)ccc1N. The molecule has 8 nitrogen and oxygen atoms in total. The predicted octanol–water partition coefficient (Wildman–Crippen LogP) is 3.99. The largest absolute Gasteiger partial charge is 0.492 e. The minimum absolute atomic E-state index is 0.130. The quantitative estimate of drug-likeness (QED) is 0.386. The molecule has 0 aromatic heterocycles. The van der Waals surface area contributed by atoms with Gasteiger partial charge in [0.05, 0.1) is 23.4 Å². The molecule has 0 unspecified atom stereocenters. The van der Waals surface area contributed by atoms with Crippen molar-refractivity contribution in [2.45, 2.75) is 72.2 Å². The second kappa shape index (κ2) is 9.54. The molecule has 1 heterocycles. The molecule has 1 aromatic carbocycles. The number of anilines is 1. The Morgan fingerprint density at radius 3 is 2.28 bits per heavy atom. The van der Waals surface area contributed by atoms with E-state index < -0.39 is 36.0 Å². The number of nitrogen functional groups attached to an aromatic ring is 1. The number of carbonyl (C=O) groups excluding carboxylic acids is 2. The lowest BCUT2D eigenvalue weighted by Gasteiger charge is -2.32. The average molecular weight is 446 g/mol. The maximum atomic E-state index is 12.2. The van der Waals surface area contributed by atoms with E-state index in [1.165, 1.54) is 0 Å². The molecular formula is C23H35BN2O6. The zero-order chi connectivity index (χ0) is 24.3. The van der Waals surface area contributed by atoms with Crippen LogP contribution in [0.1, 0.15) is 71.3 Å². The number of nitrogens with two attached hydrogens (primary N) is 1. The molecule has 1 aliphatic rings. The van der Waals surface area contributed by atoms with E-state index in [0.717, 1.165) is 0 Å². The molecule has 1 aromatic rings. The first kappa shape index (κ1) is 25.7. The Morgan fingerprint density at radius 1 is 1.16 bits per heavy atom. The van der Waals surface area contributed by atoms with E-state index in [4.69, 9.17) is 24.5 Å². The first-order chi connectivity index (χ1) is 14.6. The first-order valence-corrected chi connectivity index (χ1v) is 10.7. The van der Waals surface area contributed by atoms with E-state index >= 15 is 0 Å². The standard InChI is InChI=1S/C23H35BN2O6/c1-9-29-19(27)17-13-15(10-11-18(17)25)12-16(14-26-20(28)30-21(2,3)4)24-31-22(5,6)23(7,8)32-24/h10-13H,9,14,25H2,1-8H3,(H,26,28). The Morgan fingerprint density at radius 2 is 1.75 bits per heavy atom. The number of ether oxygens (including phenoxy) is 2. The number of alkyl carbamates (subject to hydrolysis) is 1. The highest BCUT2D eigenvalue weighted by atomic mass is 16.7. The molecule has 0 atom stereocenters. The van der Waals surface area contributed by atoms with Gasteiger partial charge in [-0.2, -0.15) is 0 Å². The smallest absolute Gasteiger partial charge is 0.462 e. The highest BCUT2D eigenvalue weighted by Crippen LogP contribution is 2.38. The summed E-state index contributed by atoms with van der Waals surface area (Å²) in [6, 6.07) is 5.06. The number of carbonyl (C=O) groups is 2. The van der Waals surface area contributed by atoms with Crippen LogP contribution in [0.2, 0.25) is 0 Å². The average Bonchev–Trinajstić information content (AvgIpc) is 2.86. The Bertz CT molecular complexity index is 873. The Hall–Kier alpha value is -2.52. The van der Waals surface area contributed by atoms with Crippen LogP contribution < -0.4 is 11.1 Å². The van der Waals surface area contributed by atoms with E-state index in [0.29, 0.717) is 16.7 Å². The van der Waals surface area contributed by atoms with Crippen molar-refractivity contribution in [2.24, 2.45) is 0 Å². The minimum atomic E-state index is -0.696. The molecule has 0 bridgehead atoms. The van der Waals surface area contributed by atoms with Crippen molar-refractivity contribution in [3.8, 4) is 0 Å². The van der Waals surface area contributed by atoms with Gasteiger partial charge in [-0.25, -0.2) is 9.59 Å². The third-order valence-electron chi connectivity index (χ3n) is 5.32. The van der Waals surface area contributed by atoms with Crippen molar-refractivity contribution < 1.29 is 28.4 Å². The van der Waals surface area contributed by atoms with Gasteiger partial charge in [-0.3, -0.25) is 0 Å². The number of hydrogen-bond donors (Lipinski definition) is 2. The topological polar surface area (TPSA) is 109 Å². The predicted molar refractivity (Wildman–Crippen MR) is 125 cm³/mol. The van der Waals surface area contributed by atoms with Gasteiger partial charge >= 0.3 is 19.2 Å². The number of esters is 1. The van der Waals surface area contributed by atoms with Gasteiger partial charge in [-0.15, -0.1) is 0 Å². The van der Waals surface area contributed by atoms with Crippen LogP contribution >= 0.6 is 0 Å². The molecule has 1 saturated heterocycles. The summed E-state index contributed by atoms with van der Waals surface area (Å²) in [6.07, 6.45) is 1.26. The fourth-order valence-corrected chi connectivity index (χ4v) is 2.95. The summed E-state index contributed by atoms with van der Waals surface area (Å²) in [4.78, 5) is 24.5. The third kappa shape index (κ3) is 6.49. The van der Waals surface area contributed by atoms with Crippen LogP contribution in [0.3, 0.4) is 0 Å². The molecule has 0 spiro atoms. The van der Waals surface area contributed by atoms with Crippen molar-refractivity contribution >= 4 is 30.9 Å². The first-order valence-electron chi connectivity index (χ1n) is 10.7. The van der Waals surface area contributed by atoms with Gasteiger partial charge in [0.15, 0.2) is 0 Å². The molecule has 0 radical (unpaired) electrons. The molecule has 1 amide bonds. The lowest BCUT2D eigenvalue weighted by atomic mass is 9.77. The minimum Gasteiger partial charge on any atom is -0.462 e. The lowest BCUT2D eigenvalue weighted by Crippen LogP contribution is -2.41. The fraction of sp³-hybridized carbons (Fsp3) is 0.565. The van der Waals surface area contributed by atoms with Gasteiger partial charge < -0.3 is 29.8 Å². The van der Waals surface area contributed by atoms with Crippen molar-refractivity contribution in [3.63, 3.8) is 0 Å². The zero-order valence-electron chi connectivity index (χ0n) is 20.3. The molecule has 3 N–H and O–H groups in total. The van der Waals surface area contributed by atoms with Crippen molar-refractivity contribution in [1.29, 1.82) is 0 Å². The van der Waals surface area contributed by atoms with Crippen molar-refractivity contribution in [1.82, 2.24) is 5.32 Å². The van der Waals surface area contributed by atoms with Gasteiger partial charge in [0.25, 0.3) is 0 Å². The Kier molecular flexibility index (Phi) is 7.68. The third-order valence-corrected chi connectivity index (χ3v) is 5.32. The van der Waals surface area contributed by atoms with Crippen LogP contribution in [0.4, 0.5) is 10.5 Å². The van der Waals surface area contributed by atoms with Crippen molar-refractivity contribution in [3.05, 3.63) is 34.8 Å². The molecule has 1 aliphatic heterocycles. The van der Waals surface area contributed by atoms with Gasteiger partial charge in [0.1, 0.15) is 5.60 Å². The van der Waals surface area contributed by atoms with E-state index in [-0.39, 0.29) is 18.7 Å². The highest BCUT2D eigenvalue weighted by molar-refractivity contribution is 6.56. The summed E-state index contributed by atoms with van der Waals surface area (Å²) in [5.41, 5.74) is 6.17. The Balaban J connectivity index is 2.36. The molecule has 2 rings (SSSR count). The van der Waals surface area contributed by atoms with Crippen LogP contribution in [0.15, 0.2) is 23.7 Å². The van der Waals surface area contributed by atoms with Gasteiger partial charge in [-0.1, -0.05) is 12.1 Å².